The minimum atomic E-state index is -0.659. The van der Waals surface area contributed by atoms with Crippen LogP contribution in [0.1, 0.15) is 40.5 Å². The minimum absolute atomic E-state index is 0.145. The Morgan fingerprint density at radius 1 is 1.36 bits per heavy atom. The van der Waals surface area contributed by atoms with Gasteiger partial charge < -0.3 is 14.6 Å². The molecule has 22 heavy (non-hydrogen) atoms. The van der Waals surface area contributed by atoms with E-state index >= 15 is 0 Å². The van der Waals surface area contributed by atoms with Gasteiger partial charge >= 0.3 is 12.1 Å². The fourth-order valence-electron chi connectivity index (χ4n) is 3.31. The second-order valence-corrected chi connectivity index (χ2v) is 6.98. The number of carbonyl (C=O) groups excluding carboxylic acids is 2. The molecular weight excluding hydrogens is 286 g/mol. The van der Waals surface area contributed by atoms with Crippen molar-refractivity contribution in [2.45, 2.75) is 64.3 Å². The third kappa shape index (κ3) is 3.11. The summed E-state index contributed by atoms with van der Waals surface area (Å²) in [4.78, 5) is 26.2. The number of ether oxygens (including phenoxy) is 2. The smallest absolute Gasteiger partial charge is 0.411 e. The summed E-state index contributed by atoms with van der Waals surface area (Å²) in [7, 11) is 1.32. The molecule has 2 heterocycles. The molecule has 0 aromatic heterocycles. The van der Waals surface area contributed by atoms with Crippen LogP contribution in [0.5, 0.6) is 0 Å². The van der Waals surface area contributed by atoms with Gasteiger partial charge in [-0.05, 0) is 40.5 Å². The standard InChI is InChI=1S/C16H25NO5/c1-9(18)10-8-11(14(19)21-5)13-7-6-12(10)17(13)15(20)22-16(2,3)4/h8-10,12-13,18H,6-7H2,1-5H3/t9?,10-,12+,13-/m1/s1. The molecule has 1 amide bonds. The van der Waals surface area contributed by atoms with Crippen molar-refractivity contribution < 1.29 is 24.2 Å². The highest BCUT2D eigenvalue weighted by atomic mass is 16.6. The zero-order valence-electron chi connectivity index (χ0n) is 13.8. The molecule has 2 rings (SSSR count). The van der Waals surface area contributed by atoms with Crippen molar-refractivity contribution in [2.75, 3.05) is 7.11 Å². The van der Waals surface area contributed by atoms with Gasteiger partial charge in [-0.1, -0.05) is 6.08 Å². The van der Waals surface area contributed by atoms with Gasteiger partial charge in [0.05, 0.1) is 24.8 Å². The predicted octanol–water partition coefficient (Wildman–Crippen LogP) is 1.86. The summed E-state index contributed by atoms with van der Waals surface area (Å²) in [5, 5.41) is 10.0. The number of fused-ring (bicyclic) bond motifs is 2. The molecule has 2 bridgehead atoms. The maximum atomic E-state index is 12.5. The molecule has 0 saturated carbocycles. The quantitative estimate of drug-likeness (QED) is 0.788. The minimum Gasteiger partial charge on any atom is -0.466 e. The number of aliphatic hydroxyl groups is 1. The monoisotopic (exact) mass is 311 g/mol. The first-order valence-corrected chi connectivity index (χ1v) is 7.65. The number of hydrogen-bond donors (Lipinski definition) is 1. The van der Waals surface area contributed by atoms with E-state index in [1.54, 1.807) is 38.7 Å². The van der Waals surface area contributed by atoms with Gasteiger partial charge in [0.2, 0.25) is 0 Å². The highest BCUT2D eigenvalue weighted by Gasteiger charge is 2.49. The normalized spacial score (nSPS) is 28.9. The molecule has 0 spiro atoms. The lowest BCUT2D eigenvalue weighted by molar-refractivity contribution is -0.137. The lowest BCUT2D eigenvalue weighted by Crippen LogP contribution is -2.52. The largest absolute Gasteiger partial charge is 0.466 e. The zero-order chi connectivity index (χ0) is 16.7. The van der Waals surface area contributed by atoms with Crippen molar-refractivity contribution in [2.24, 2.45) is 5.92 Å². The number of aliphatic hydroxyl groups excluding tert-OH is 1. The number of amides is 1. The molecule has 0 radical (unpaired) electrons. The highest BCUT2D eigenvalue weighted by Crippen LogP contribution is 2.41. The van der Waals surface area contributed by atoms with E-state index in [1.165, 1.54) is 7.11 Å². The van der Waals surface area contributed by atoms with Crippen LogP contribution in [-0.4, -0.2) is 53.0 Å². The molecule has 1 N–H and O–H groups in total. The van der Waals surface area contributed by atoms with Gasteiger partial charge in [-0.25, -0.2) is 9.59 Å². The fraction of sp³-hybridized carbons (Fsp3) is 0.750. The van der Waals surface area contributed by atoms with Crippen molar-refractivity contribution in [3.8, 4) is 0 Å². The topological polar surface area (TPSA) is 76.1 Å². The van der Waals surface area contributed by atoms with Crippen molar-refractivity contribution >= 4 is 12.1 Å². The van der Waals surface area contributed by atoms with Gasteiger partial charge in [-0.2, -0.15) is 0 Å². The molecule has 6 heteroatoms. The average Bonchev–Trinajstić information content (AvgIpc) is 2.72. The third-order valence-electron chi connectivity index (χ3n) is 4.19. The maximum Gasteiger partial charge on any atom is 0.411 e. The first kappa shape index (κ1) is 16.8. The van der Waals surface area contributed by atoms with E-state index in [4.69, 9.17) is 9.47 Å². The van der Waals surface area contributed by atoms with Crippen LogP contribution in [0.3, 0.4) is 0 Å². The van der Waals surface area contributed by atoms with Gasteiger partial charge in [0.1, 0.15) is 5.60 Å². The van der Waals surface area contributed by atoms with Gasteiger partial charge in [0.15, 0.2) is 0 Å². The van der Waals surface area contributed by atoms with Crippen LogP contribution in [0.25, 0.3) is 0 Å². The predicted molar refractivity (Wildman–Crippen MR) is 80.2 cm³/mol. The first-order valence-electron chi connectivity index (χ1n) is 7.65. The molecule has 124 valence electrons. The average molecular weight is 311 g/mol. The number of hydrogen-bond acceptors (Lipinski definition) is 5. The highest BCUT2D eigenvalue weighted by molar-refractivity contribution is 5.91. The van der Waals surface area contributed by atoms with E-state index < -0.39 is 23.8 Å². The lowest BCUT2D eigenvalue weighted by Gasteiger charge is -2.40. The molecule has 2 aliphatic heterocycles. The number of methoxy groups -OCH3 is 1. The molecule has 2 aliphatic rings. The summed E-state index contributed by atoms with van der Waals surface area (Å²) < 4.78 is 10.3. The van der Waals surface area contributed by atoms with Gasteiger partial charge in [-0.3, -0.25) is 4.90 Å². The summed E-state index contributed by atoms with van der Waals surface area (Å²) in [5.74, 6) is -0.745. The van der Waals surface area contributed by atoms with E-state index in [2.05, 4.69) is 0 Å². The molecule has 1 unspecified atom stereocenters. The van der Waals surface area contributed by atoms with E-state index in [1.807, 2.05) is 0 Å². The molecule has 1 saturated heterocycles. The number of esters is 1. The Bertz CT molecular complexity index is 491. The Hall–Kier alpha value is -1.56. The fourth-order valence-corrected chi connectivity index (χ4v) is 3.31. The van der Waals surface area contributed by atoms with Gasteiger partial charge in [-0.15, -0.1) is 0 Å². The SMILES string of the molecule is COC(=O)C1=C[C@H](C(C)O)[C@@H]2CC[C@H]1N2C(=O)OC(C)(C)C. The van der Waals surface area contributed by atoms with Gasteiger partial charge in [0, 0.05) is 12.0 Å². The summed E-state index contributed by atoms with van der Waals surface area (Å²) in [6, 6.07) is -0.476. The number of rotatable bonds is 2. The lowest BCUT2D eigenvalue weighted by atomic mass is 9.88. The van der Waals surface area contributed by atoms with Crippen LogP contribution in [0.4, 0.5) is 4.79 Å². The molecule has 4 atom stereocenters. The third-order valence-corrected chi connectivity index (χ3v) is 4.19. The van der Waals surface area contributed by atoms with E-state index in [-0.39, 0.29) is 18.0 Å². The van der Waals surface area contributed by atoms with Crippen LogP contribution in [0.2, 0.25) is 0 Å². The van der Waals surface area contributed by atoms with E-state index in [9.17, 15) is 14.7 Å². The first-order chi connectivity index (χ1) is 10.2. The molecular formula is C16H25NO5. The Labute approximate surface area is 131 Å². The zero-order valence-corrected chi connectivity index (χ0v) is 13.8. The van der Waals surface area contributed by atoms with Crippen molar-refractivity contribution in [1.82, 2.24) is 4.90 Å². The van der Waals surface area contributed by atoms with Gasteiger partial charge in [0.25, 0.3) is 0 Å². The Morgan fingerprint density at radius 2 is 2.00 bits per heavy atom. The molecule has 1 fully saturated rings. The second-order valence-electron chi connectivity index (χ2n) is 6.98. The number of carbonyl (C=O) groups is 2. The summed E-state index contributed by atoms with van der Waals surface area (Å²) in [6.07, 6.45) is 2.07. The molecule has 0 aliphatic carbocycles. The summed E-state index contributed by atoms with van der Waals surface area (Å²) >= 11 is 0. The van der Waals surface area contributed by atoms with Crippen molar-refractivity contribution in [1.29, 1.82) is 0 Å². The van der Waals surface area contributed by atoms with Crippen LogP contribution in [0.15, 0.2) is 11.6 Å². The van der Waals surface area contributed by atoms with Crippen molar-refractivity contribution in [3.63, 3.8) is 0 Å². The number of nitrogens with zero attached hydrogens (tertiary/aromatic N) is 1. The van der Waals surface area contributed by atoms with Crippen LogP contribution >= 0.6 is 0 Å². The van der Waals surface area contributed by atoms with Crippen molar-refractivity contribution in [3.05, 3.63) is 11.6 Å². The Kier molecular flexibility index (Phi) is 4.52. The maximum absolute atomic E-state index is 12.5. The molecule has 0 aromatic carbocycles. The molecule has 0 aromatic rings. The second kappa shape index (κ2) is 5.91. The van der Waals surface area contributed by atoms with E-state index in [0.717, 1.165) is 6.42 Å². The Balaban J connectivity index is 2.34. The summed E-state index contributed by atoms with van der Waals surface area (Å²) in [5.41, 5.74) is -0.170. The van der Waals surface area contributed by atoms with E-state index in [0.29, 0.717) is 12.0 Å². The molecule has 6 nitrogen and oxygen atoms in total. The van der Waals surface area contributed by atoms with Crippen LogP contribution < -0.4 is 0 Å². The summed E-state index contributed by atoms with van der Waals surface area (Å²) in [6.45, 7) is 7.09. The van der Waals surface area contributed by atoms with Crippen LogP contribution in [-0.2, 0) is 14.3 Å². The Morgan fingerprint density at radius 3 is 2.50 bits per heavy atom. The van der Waals surface area contributed by atoms with Crippen LogP contribution in [0, 0.1) is 5.92 Å².